The Hall–Kier alpha value is -2.23. The fourth-order valence-corrected chi connectivity index (χ4v) is 8.56. The number of carboxylic acid groups (broad SMARTS) is 1. The molecule has 4 nitrogen and oxygen atoms in total. The number of rotatable bonds is 1. The monoisotopic (exact) mass is 450 g/mol. The van der Waals surface area contributed by atoms with Gasteiger partial charge in [-0.3, -0.25) is 4.79 Å². The van der Waals surface area contributed by atoms with E-state index in [1.165, 1.54) is 5.57 Å². The molecule has 0 aromatic heterocycles. The van der Waals surface area contributed by atoms with Crippen LogP contribution in [0.2, 0.25) is 0 Å². The Morgan fingerprint density at radius 1 is 0.970 bits per heavy atom. The molecule has 6 atom stereocenters. The fraction of sp³-hybridized carbons (Fsp3) is 0.621. The van der Waals surface area contributed by atoms with Gasteiger partial charge in [0.2, 0.25) is 0 Å². The summed E-state index contributed by atoms with van der Waals surface area (Å²) in [5, 5.41) is 32.2. The first-order chi connectivity index (χ1) is 15.2. The molecule has 0 bridgehead atoms. The summed E-state index contributed by atoms with van der Waals surface area (Å²) in [5.74, 6) is -0.546. The standard InChI is InChI=1S/C29H38O4/c1-17-18-7-8-21-27(4,19(18)15-20(30)23(17)31)12-14-29(6)22-16-26(3,24(32)33)10-9-25(22,2)11-13-28(21,29)5/h7-8,15,22,30-31H,1,9-14,16H2,2-6H3,(H,32,33). The van der Waals surface area contributed by atoms with Gasteiger partial charge in [0.15, 0.2) is 11.5 Å². The van der Waals surface area contributed by atoms with E-state index in [-0.39, 0.29) is 33.2 Å². The minimum absolute atomic E-state index is 0.0000746. The Bertz CT molecular complexity index is 1210. The molecule has 1 aromatic carbocycles. The first-order valence-corrected chi connectivity index (χ1v) is 12.4. The Balaban J connectivity index is 1.68. The molecular weight excluding hydrogens is 412 g/mol. The maximum atomic E-state index is 12.2. The first kappa shape index (κ1) is 22.6. The molecule has 0 radical (unpaired) electrons. The number of benzene rings is 1. The summed E-state index contributed by atoms with van der Waals surface area (Å²) in [4.78, 5) is 12.2. The van der Waals surface area contributed by atoms with Crippen molar-refractivity contribution >= 4 is 18.6 Å². The van der Waals surface area contributed by atoms with Gasteiger partial charge in [-0.2, -0.15) is 0 Å². The number of carboxylic acids is 1. The second-order valence-electron chi connectivity index (χ2n) is 12.8. The molecule has 0 spiro atoms. The molecule has 3 saturated carbocycles. The van der Waals surface area contributed by atoms with Gasteiger partial charge in [-0.1, -0.05) is 52.0 Å². The molecule has 3 N–H and O–H groups in total. The summed E-state index contributed by atoms with van der Waals surface area (Å²) in [7, 11) is 0. The number of allylic oxidation sites excluding steroid dienone is 2. The van der Waals surface area contributed by atoms with Gasteiger partial charge in [-0.15, -0.1) is 0 Å². The van der Waals surface area contributed by atoms with Gasteiger partial charge in [0.1, 0.15) is 0 Å². The van der Waals surface area contributed by atoms with E-state index in [9.17, 15) is 20.1 Å². The molecule has 0 saturated heterocycles. The summed E-state index contributed by atoms with van der Waals surface area (Å²) in [6.07, 6.45) is 11.0. The van der Waals surface area contributed by atoms with E-state index in [1.54, 1.807) is 6.07 Å². The van der Waals surface area contributed by atoms with Crippen LogP contribution in [-0.2, 0) is 10.2 Å². The van der Waals surface area contributed by atoms with Crippen molar-refractivity contribution in [3.63, 3.8) is 0 Å². The number of phenolic OH excluding ortho intramolecular Hbond substituents is 2. The van der Waals surface area contributed by atoms with E-state index in [2.05, 4.69) is 46.4 Å². The van der Waals surface area contributed by atoms with Gasteiger partial charge < -0.3 is 15.3 Å². The van der Waals surface area contributed by atoms with Gasteiger partial charge in [-0.05, 0) is 90.9 Å². The van der Waals surface area contributed by atoms with Crippen molar-refractivity contribution < 1.29 is 20.1 Å². The largest absolute Gasteiger partial charge is 0.504 e. The summed E-state index contributed by atoms with van der Waals surface area (Å²) in [6, 6.07) is 1.74. The van der Waals surface area contributed by atoms with E-state index in [1.807, 2.05) is 6.92 Å². The average molecular weight is 451 g/mol. The van der Waals surface area contributed by atoms with Crippen LogP contribution in [0, 0.1) is 27.6 Å². The minimum Gasteiger partial charge on any atom is -0.504 e. The number of phenols is 2. The van der Waals surface area contributed by atoms with Crippen LogP contribution in [0.5, 0.6) is 11.5 Å². The highest BCUT2D eigenvalue weighted by Gasteiger charge is 2.66. The van der Waals surface area contributed by atoms with E-state index in [4.69, 9.17) is 0 Å². The molecule has 178 valence electrons. The zero-order valence-electron chi connectivity index (χ0n) is 20.7. The molecule has 0 aliphatic heterocycles. The highest BCUT2D eigenvalue weighted by atomic mass is 16.4. The average Bonchev–Trinajstić information content (AvgIpc) is 2.75. The number of fused-ring (bicyclic) bond motifs is 7. The number of hydrogen-bond acceptors (Lipinski definition) is 3. The molecule has 6 unspecified atom stereocenters. The molecular formula is C29H38O4. The van der Waals surface area contributed by atoms with E-state index in [0.717, 1.165) is 55.7 Å². The van der Waals surface area contributed by atoms with Crippen LogP contribution >= 0.6 is 0 Å². The first-order valence-electron chi connectivity index (χ1n) is 12.4. The smallest absolute Gasteiger partial charge is 0.309 e. The Kier molecular flexibility index (Phi) is 4.41. The Morgan fingerprint density at radius 3 is 2.30 bits per heavy atom. The molecule has 4 heteroatoms. The summed E-state index contributed by atoms with van der Waals surface area (Å²) in [6.45, 7) is 15.5. The van der Waals surface area contributed by atoms with E-state index in [0.29, 0.717) is 11.1 Å². The topological polar surface area (TPSA) is 77.8 Å². The van der Waals surface area contributed by atoms with Crippen molar-refractivity contribution in [3.8, 4) is 11.5 Å². The maximum absolute atomic E-state index is 12.2. The predicted octanol–water partition coefficient (Wildman–Crippen LogP) is 4.98. The third-order valence-electron chi connectivity index (χ3n) is 11.3. The lowest BCUT2D eigenvalue weighted by Crippen LogP contribution is -2.63. The van der Waals surface area contributed by atoms with E-state index < -0.39 is 11.4 Å². The Morgan fingerprint density at radius 2 is 1.64 bits per heavy atom. The molecule has 33 heavy (non-hydrogen) atoms. The zero-order chi connectivity index (χ0) is 24.2. The molecule has 3 fully saturated rings. The third-order valence-corrected chi connectivity index (χ3v) is 11.3. The SMILES string of the molecule is C=c1c(O)c(O)cc2c1=CC=C1C2(C)CCC2(C)C3CC(C)(C(=O)O)CCC3(C)CCC12C. The molecule has 4 aliphatic rings. The molecule has 0 amide bonds. The van der Waals surface area contributed by atoms with Gasteiger partial charge >= 0.3 is 5.97 Å². The van der Waals surface area contributed by atoms with Crippen LogP contribution in [0.4, 0.5) is 0 Å². The lowest BCUT2D eigenvalue weighted by molar-refractivity contribution is -0.177. The highest BCUT2D eigenvalue weighted by Crippen LogP contribution is 2.74. The number of carbonyl (C=O) groups is 1. The van der Waals surface area contributed by atoms with Crippen LogP contribution in [0.3, 0.4) is 0 Å². The molecule has 4 aliphatic carbocycles. The second-order valence-corrected chi connectivity index (χ2v) is 12.8. The summed E-state index contributed by atoms with van der Waals surface area (Å²) < 4.78 is 0. The van der Waals surface area contributed by atoms with Crippen molar-refractivity contribution in [3.05, 3.63) is 33.7 Å². The maximum Gasteiger partial charge on any atom is 0.309 e. The van der Waals surface area contributed by atoms with Crippen molar-refractivity contribution in [2.24, 2.45) is 27.6 Å². The summed E-state index contributed by atoms with van der Waals surface area (Å²) in [5.41, 5.74) is 1.66. The fourth-order valence-electron chi connectivity index (χ4n) is 8.56. The molecule has 5 rings (SSSR count). The summed E-state index contributed by atoms with van der Waals surface area (Å²) >= 11 is 0. The molecule has 1 aromatic rings. The second kappa shape index (κ2) is 6.46. The Labute approximate surface area is 196 Å². The van der Waals surface area contributed by atoms with Crippen LogP contribution < -0.4 is 10.4 Å². The lowest BCUT2D eigenvalue weighted by Gasteiger charge is -2.69. The predicted molar refractivity (Wildman–Crippen MR) is 130 cm³/mol. The van der Waals surface area contributed by atoms with E-state index >= 15 is 0 Å². The third kappa shape index (κ3) is 2.61. The van der Waals surface area contributed by atoms with Crippen LogP contribution in [0.25, 0.3) is 12.7 Å². The molecule has 0 heterocycles. The number of aliphatic carboxylic acids is 1. The minimum atomic E-state index is -0.655. The van der Waals surface area contributed by atoms with Crippen molar-refractivity contribution in [1.82, 2.24) is 0 Å². The van der Waals surface area contributed by atoms with Gasteiger partial charge in [0, 0.05) is 10.6 Å². The highest BCUT2D eigenvalue weighted by molar-refractivity contribution is 5.74. The number of hydrogen-bond donors (Lipinski definition) is 3. The van der Waals surface area contributed by atoms with Gasteiger partial charge in [-0.25, -0.2) is 0 Å². The van der Waals surface area contributed by atoms with Crippen LogP contribution in [0.15, 0.2) is 17.7 Å². The van der Waals surface area contributed by atoms with Crippen molar-refractivity contribution in [2.75, 3.05) is 0 Å². The van der Waals surface area contributed by atoms with Crippen molar-refractivity contribution in [1.29, 1.82) is 0 Å². The zero-order valence-corrected chi connectivity index (χ0v) is 20.7. The lowest BCUT2D eigenvalue weighted by atomic mass is 9.35. The van der Waals surface area contributed by atoms with Crippen LogP contribution in [-0.4, -0.2) is 21.3 Å². The van der Waals surface area contributed by atoms with Gasteiger partial charge in [0.25, 0.3) is 0 Å². The van der Waals surface area contributed by atoms with Crippen LogP contribution in [0.1, 0.15) is 85.1 Å². The van der Waals surface area contributed by atoms with Crippen molar-refractivity contribution in [2.45, 2.75) is 85.0 Å². The van der Waals surface area contributed by atoms with Gasteiger partial charge in [0.05, 0.1) is 5.41 Å². The quantitative estimate of drug-likeness (QED) is 0.527. The normalized spacial score (nSPS) is 43.8. The number of aromatic hydroxyl groups is 2.